The van der Waals surface area contributed by atoms with Crippen molar-refractivity contribution in [3.8, 4) is 17.2 Å². The smallest absolute Gasteiger partial charge is 0.412 e. The molecule has 146 valence electrons. The van der Waals surface area contributed by atoms with Gasteiger partial charge in [-0.15, -0.1) is 0 Å². The summed E-state index contributed by atoms with van der Waals surface area (Å²) in [5, 5.41) is 3.52. The number of aryl methyl sites for hydroxylation is 1. The molecule has 1 N–H and O–H groups in total. The number of nitrogens with one attached hydrogen (secondary N) is 1. The van der Waals surface area contributed by atoms with Gasteiger partial charge in [-0.2, -0.15) is 0 Å². The van der Waals surface area contributed by atoms with Crippen molar-refractivity contribution in [1.29, 1.82) is 0 Å². The van der Waals surface area contributed by atoms with Gasteiger partial charge in [0.05, 0.1) is 25.8 Å². The number of hydrogen-bond acceptors (Lipinski definition) is 6. The number of ether oxygens (including phenoxy) is 3. The number of carbonyl (C=O) groups is 1. The maximum absolute atomic E-state index is 12.7. The van der Waals surface area contributed by atoms with Crippen LogP contribution < -0.4 is 25.1 Å². The molecule has 8 heteroatoms. The third-order valence-electron chi connectivity index (χ3n) is 4.28. The third-order valence-corrected chi connectivity index (χ3v) is 4.28. The van der Waals surface area contributed by atoms with Crippen molar-refractivity contribution in [3.63, 3.8) is 0 Å². The lowest BCUT2D eigenvalue weighted by Crippen LogP contribution is -2.27. The molecule has 0 saturated heterocycles. The molecule has 3 aromatic rings. The van der Waals surface area contributed by atoms with Crippen molar-refractivity contribution >= 4 is 16.9 Å². The molecule has 0 spiro atoms. The highest BCUT2D eigenvalue weighted by molar-refractivity contribution is 5.92. The Hall–Kier alpha value is -3.55. The van der Waals surface area contributed by atoms with E-state index < -0.39 is 6.09 Å². The van der Waals surface area contributed by atoms with Crippen molar-refractivity contribution in [2.45, 2.75) is 20.0 Å². The maximum Gasteiger partial charge on any atom is 0.412 e. The first-order chi connectivity index (χ1) is 13.6. The van der Waals surface area contributed by atoms with E-state index in [0.29, 0.717) is 35.4 Å². The molecule has 0 aliphatic carbocycles. The Morgan fingerprint density at radius 1 is 1.07 bits per heavy atom. The monoisotopic (exact) mass is 383 g/mol. The van der Waals surface area contributed by atoms with Crippen molar-refractivity contribution < 1.29 is 19.0 Å². The van der Waals surface area contributed by atoms with Crippen LogP contribution in [0.2, 0.25) is 0 Å². The van der Waals surface area contributed by atoms with Gasteiger partial charge in [0.1, 0.15) is 0 Å². The minimum Gasteiger partial charge on any atom is -0.493 e. The van der Waals surface area contributed by atoms with Crippen LogP contribution in [0.5, 0.6) is 17.2 Å². The molecule has 1 aromatic carbocycles. The SMILES string of the molecule is CCn1cc(OC(=O)NCc2ccncc2)c2cc(OC)c(OC)cc2c1=O. The summed E-state index contributed by atoms with van der Waals surface area (Å²) in [6.07, 6.45) is 4.18. The first-order valence-electron chi connectivity index (χ1n) is 8.71. The van der Waals surface area contributed by atoms with Gasteiger partial charge in [-0.25, -0.2) is 4.79 Å². The number of hydrogen-bond donors (Lipinski definition) is 1. The van der Waals surface area contributed by atoms with Crippen LogP contribution in [0, 0.1) is 0 Å². The van der Waals surface area contributed by atoms with E-state index in [4.69, 9.17) is 14.2 Å². The molecule has 28 heavy (non-hydrogen) atoms. The molecule has 0 bridgehead atoms. The predicted molar refractivity (Wildman–Crippen MR) is 104 cm³/mol. The zero-order valence-electron chi connectivity index (χ0n) is 15.9. The van der Waals surface area contributed by atoms with Crippen LogP contribution in [-0.2, 0) is 13.1 Å². The Balaban J connectivity index is 1.95. The molecule has 0 atom stereocenters. The van der Waals surface area contributed by atoms with Crippen molar-refractivity contribution in [3.05, 3.63) is 58.8 Å². The maximum atomic E-state index is 12.7. The van der Waals surface area contributed by atoms with Gasteiger partial charge in [-0.3, -0.25) is 9.78 Å². The molecule has 0 aliphatic rings. The van der Waals surface area contributed by atoms with Crippen LogP contribution in [0.15, 0.2) is 47.7 Å². The second kappa shape index (κ2) is 8.43. The second-order valence-electron chi connectivity index (χ2n) is 5.94. The predicted octanol–water partition coefficient (Wildman–Crippen LogP) is 2.72. The minimum atomic E-state index is -0.630. The van der Waals surface area contributed by atoms with Crippen molar-refractivity contribution in [1.82, 2.24) is 14.9 Å². The van der Waals surface area contributed by atoms with Crippen molar-refractivity contribution in [2.75, 3.05) is 14.2 Å². The fourth-order valence-electron chi connectivity index (χ4n) is 2.81. The molecule has 0 radical (unpaired) electrons. The quantitative estimate of drug-likeness (QED) is 0.704. The normalized spacial score (nSPS) is 10.5. The van der Waals surface area contributed by atoms with Crippen LogP contribution in [0.4, 0.5) is 4.79 Å². The van der Waals surface area contributed by atoms with E-state index in [2.05, 4.69) is 10.3 Å². The highest BCUT2D eigenvalue weighted by atomic mass is 16.6. The van der Waals surface area contributed by atoms with E-state index in [1.165, 1.54) is 25.0 Å². The zero-order chi connectivity index (χ0) is 20.1. The fourth-order valence-corrected chi connectivity index (χ4v) is 2.81. The molecule has 1 amide bonds. The van der Waals surface area contributed by atoms with Gasteiger partial charge >= 0.3 is 6.09 Å². The van der Waals surface area contributed by atoms with E-state index in [9.17, 15) is 9.59 Å². The Morgan fingerprint density at radius 3 is 2.32 bits per heavy atom. The number of rotatable bonds is 6. The molecule has 2 heterocycles. The molecule has 0 unspecified atom stereocenters. The first kappa shape index (κ1) is 19.2. The highest BCUT2D eigenvalue weighted by Crippen LogP contribution is 2.34. The van der Waals surface area contributed by atoms with E-state index in [0.717, 1.165) is 5.56 Å². The molecule has 0 saturated carbocycles. The summed E-state index contributed by atoms with van der Waals surface area (Å²) in [4.78, 5) is 28.9. The molecular weight excluding hydrogens is 362 g/mol. The summed E-state index contributed by atoms with van der Waals surface area (Å²) < 4.78 is 17.6. The summed E-state index contributed by atoms with van der Waals surface area (Å²) in [5.74, 6) is 1.12. The summed E-state index contributed by atoms with van der Waals surface area (Å²) in [6.45, 7) is 2.56. The summed E-state index contributed by atoms with van der Waals surface area (Å²) >= 11 is 0. The average molecular weight is 383 g/mol. The minimum absolute atomic E-state index is 0.206. The molecule has 2 aromatic heterocycles. The summed E-state index contributed by atoms with van der Waals surface area (Å²) in [7, 11) is 2.99. The lowest BCUT2D eigenvalue weighted by Gasteiger charge is -2.14. The lowest BCUT2D eigenvalue weighted by molar-refractivity contribution is 0.200. The number of fused-ring (bicyclic) bond motifs is 1. The lowest BCUT2D eigenvalue weighted by atomic mass is 10.1. The molecular formula is C20H21N3O5. The number of carbonyl (C=O) groups excluding carboxylic acids is 1. The molecule has 0 fully saturated rings. The highest BCUT2D eigenvalue weighted by Gasteiger charge is 2.16. The summed E-state index contributed by atoms with van der Waals surface area (Å²) in [6, 6.07) is 6.81. The van der Waals surface area contributed by atoms with Gasteiger partial charge in [-0.05, 0) is 36.8 Å². The first-order valence-corrected chi connectivity index (χ1v) is 8.71. The number of benzene rings is 1. The van der Waals surface area contributed by atoms with Crippen LogP contribution in [0.25, 0.3) is 10.8 Å². The van der Waals surface area contributed by atoms with Crippen LogP contribution >= 0.6 is 0 Å². The molecule has 8 nitrogen and oxygen atoms in total. The van der Waals surface area contributed by atoms with Crippen molar-refractivity contribution in [2.24, 2.45) is 0 Å². The van der Waals surface area contributed by atoms with Gasteiger partial charge in [-0.1, -0.05) is 0 Å². The van der Waals surface area contributed by atoms with E-state index in [1.54, 1.807) is 36.7 Å². The van der Waals surface area contributed by atoms with Gasteiger partial charge < -0.3 is 24.1 Å². The third kappa shape index (κ3) is 3.90. The molecule has 3 rings (SSSR count). The van der Waals surface area contributed by atoms with Crippen LogP contribution in [0.3, 0.4) is 0 Å². The number of pyridine rings is 2. The molecule has 0 aliphatic heterocycles. The number of methoxy groups -OCH3 is 2. The van der Waals surface area contributed by atoms with Gasteiger partial charge in [0.25, 0.3) is 5.56 Å². The Labute approximate surface area is 161 Å². The topological polar surface area (TPSA) is 91.7 Å². The van der Waals surface area contributed by atoms with E-state index in [-0.39, 0.29) is 11.3 Å². The summed E-state index contributed by atoms with van der Waals surface area (Å²) in [5.41, 5.74) is 0.685. The Bertz CT molecular complexity index is 1050. The fraction of sp³-hybridized carbons (Fsp3) is 0.250. The van der Waals surface area contributed by atoms with Gasteiger partial charge in [0, 0.05) is 30.9 Å². The Morgan fingerprint density at radius 2 is 1.71 bits per heavy atom. The second-order valence-corrected chi connectivity index (χ2v) is 5.94. The largest absolute Gasteiger partial charge is 0.493 e. The standard InChI is InChI=1S/C20H21N3O5/c1-4-23-12-18(28-20(25)22-11-13-5-7-21-8-6-13)14-9-16(26-2)17(27-3)10-15(14)19(23)24/h5-10,12H,4,11H2,1-3H3,(H,22,25). The number of amides is 1. The van der Waals surface area contributed by atoms with Gasteiger partial charge in [0.2, 0.25) is 0 Å². The van der Waals surface area contributed by atoms with E-state index >= 15 is 0 Å². The number of aromatic nitrogens is 2. The Kier molecular flexibility index (Phi) is 5.78. The number of nitrogens with zero attached hydrogens (tertiary/aromatic N) is 2. The van der Waals surface area contributed by atoms with Crippen LogP contribution in [0.1, 0.15) is 12.5 Å². The van der Waals surface area contributed by atoms with E-state index in [1.807, 2.05) is 6.92 Å². The zero-order valence-corrected chi connectivity index (χ0v) is 15.9. The van der Waals surface area contributed by atoms with Gasteiger partial charge in [0.15, 0.2) is 17.2 Å². The van der Waals surface area contributed by atoms with Crippen LogP contribution in [-0.4, -0.2) is 29.9 Å². The average Bonchev–Trinajstić information content (AvgIpc) is 2.74.